The normalized spacial score (nSPS) is 10.0. The third-order valence-corrected chi connectivity index (χ3v) is 4.45. The summed E-state index contributed by atoms with van der Waals surface area (Å²) < 4.78 is 7.45. The molecule has 2 aromatic carbocycles. The van der Waals surface area contributed by atoms with Crippen molar-refractivity contribution in [3.05, 3.63) is 58.0 Å². The van der Waals surface area contributed by atoms with Crippen LogP contribution in [0.25, 0.3) is 10.2 Å². The summed E-state index contributed by atoms with van der Waals surface area (Å²) in [6.07, 6.45) is 0. The highest BCUT2D eigenvalue weighted by Gasteiger charge is 2.06. The molecule has 1 N–H and O–H groups in total. The summed E-state index contributed by atoms with van der Waals surface area (Å²) in [5.41, 5.74) is 3.28. The first-order valence-electron chi connectivity index (χ1n) is 7.18. The molecule has 0 saturated carbocycles. The van der Waals surface area contributed by atoms with Crippen LogP contribution in [0.2, 0.25) is 0 Å². The second-order valence-electron chi connectivity index (χ2n) is 4.82. The minimum absolute atomic E-state index is 0.146. The highest BCUT2D eigenvalue weighted by atomic mass is 79.9. The van der Waals surface area contributed by atoms with Crippen LogP contribution >= 0.6 is 27.3 Å². The fourth-order valence-electron chi connectivity index (χ4n) is 2.01. The zero-order valence-electron chi connectivity index (χ0n) is 12.6. The lowest BCUT2D eigenvalue weighted by molar-refractivity contribution is 0.0959. The number of nitrogens with one attached hydrogen (secondary N) is 1. The number of halogens is 1. The monoisotopic (exact) mass is 400 g/mol. The van der Waals surface area contributed by atoms with E-state index in [1.807, 2.05) is 36.4 Å². The van der Waals surface area contributed by atoms with Crippen molar-refractivity contribution in [3.63, 3.8) is 0 Å². The molecule has 1 heterocycles. The largest absolute Gasteiger partial charge is 0.481 e. The van der Waals surface area contributed by atoms with Crippen LogP contribution in [0.1, 0.15) is 10.4 Å². The summed E-state index contributed by atoms with van der Waals surface area (Å²) in [5.74, 6) is 6.35. The zero-order valence-corrected chi connectivity index (χ0v) is 15.0. The van der Waals surface area contributed by atoms with E-state index < -0.39 is 0 Å². The Hall–Kier alpha value is -2.36. The molecule has 0 atom stereocenters. The van der Waals surface area contributed by atoms with Gasteiger partial charge in [-0.15, -0.1) is 11.3 Å². The van der Waals surface area contributed by atoms with Crippen molar-refractivity contribution in [2.24, 2.45) is 0 Å². The topological polar surface area (TPSA) is 51.2 Å². The third-order valence-electron chi connectivity index (χ3n) is 3.16. The van der Waals surface area contributed by atoms with Crippen molar-refractivity contribution in [1.82, 2.24) is 10.3 Å². The van der Waals surface area contributed by atoms with Crippen LogP contribution in [0, 0.1) is 11.8 Å². The van der Waals surface area contributed by atoms with Gasteiger partial charge >= 0.3 is 0 Å². The summed E-state index contributed by atoms with van der Waals surface area (Å²) in [6, 6.07) is 13.0. The molecule has 6 heteroatoms. The maximum absolute atomic E-state index is 12.1. The smallest absolute Gasteiger partial charge is 0.252 e. The molecule has 0 radical (unpaired) electrons. The number of carbonyl (C=O) groups is 1. The standard InChI is InChI=1S/C18H13BrN2O2S/c19-14-4-3-5-15(11-14)23-9-2-1-8-20-18(22)13-6-7-16-17(10-13)24-12-21-16/h3-7,10-12H,8-9H2,(H,20,22). The first-order chi connectivity index (χ1) is 11.7. The van der Waals surface area contributed by atoms with Gasteiger partial charge in [0.2, 0.25) is 0 Å². The van der Waals surface area contributed by atoms with E-state index in [9.17, 15) is 4.79 Å². The Morgan fingerprint density at radius 3 is 3.04 bits per heavy atom. The summed E-state index contributed by atoms with van der Waals surface area (Å²) in [7, 11) is 0. The van der Waals surface area contributed by atoms with E-state index >= 15 is 0 Å². The molecular formula is C18H13BrN2O2S. The SMILES string of the molecule is O=C(NCC#CCOc1cccc(Br)c1)c1ccc2ncsc2c1. The second-order valence-corrected chi connectivity index (χ2v) is 6.62. The number of nitrogens with zero attached hydrogens (tertiary/aromatic N) is 1. The molecule has 1 amide bonds. The molecular weight excluding hydrogens is 388 g/mol. The van der Waals surface area contributed by atoms with Gasteiger partial charge in [0.1, 0.15) is 12.4 Å². The first-order valence-corrected chi connectivity index (χ1v) is 8.85. The number of aromatic nitrogens is 1. The summed E-state index contributed by atoms with van der Waals surface area (Å²) >= 11 is 4.89. The highest BCUT2D eigenvalue weighted by molar-refractivity contribution is 9.10. The fourth-order valence-corrected chi connectivity index (χ4v) is 3.11. The minimum atomic E-state index is -0.146. The second kappa shape index (κ2) is 7.95. The maximum Gasteiger partial charge on any atom is 0.252 e. The van der Waals surface area contributed by atoms with E-state index in [0.29, 0.717) is 5.56 Å². The van der Waals surface area contributed by atoms with E-state index in [1.54, 1.807) is 11.6 Å². The zero-order chi connectivity index (χ0) is 16.8. The minimum Gasteiger partial charge on any atom is -0.481 e. The van der Waals surface area contributed by atoms with Gasteiger partial charge < -0.3 is 10.1 Å². The summed E-state index contributed by atoms with van der Waals surface area (Å²) in [5, 5.41) is 2.77. The lowest BCUT2D eigenvalue weighted by Gasteiger charge is -2.02. The van der Waals surface area contributed by atoms with Gasteiger partial charge in [0.15, 0.2) is 0 Å². The van der Waals surface area contributed by atoms with Crippen LogP contribution < -0.4 is 10.1 Å². The molecule has 0 bridgehead atoms. The molecule has 0 unspecified atom stereocenters. The van der Waals surface area contributed by atoms with Gasteiger partial charge in [-0.25, -0.2) is 4.98 Å². The van der Waals surface area contributed by atoms with Crippen molar-refractivity contribution in [1.29, 1.82) is 0 Å². The Bertz CT molecular complexity index is 927. The molecule has 0 saturated heterocycles. The van der Waals surface area contributed by atoms with Gasteiger partial charge in [-0.2, -0.15) is 0 Å². The van der Waals surface area contributed by atoms with Crippen molar-refractivity contribution in [3.8, 4) is 17.6 Å². The lowest BCUT2D eigenvalue weighted by atomic mass is 10.2. The number of rotatable bonds is 4. The quantitative estimate of drug-likeness (QED) is 0.676. The van der Waals surface area contributed by atoms with Crippen LogP contribution in [0.5, 0.6) is 5.75 Å². The molecule has 0 fully saturated rings. The molecule has 3 aromatic rings. The number of carbonyl (C=O) groups excluding carboxylic acids is 1. The van der Waals surface area contributed by atoms with Crippen LogP contribution in [0.4, 0.5) is 0 Å². The van der Waals surface area contributed by atoms with Crippen LogP contribution in [-0.4, -0.2) is 24.0 Å². The highest BCUT2D eigenvalue weighted by Crippen LogP contribution is 2.19. The van der Waals surface area contributed by atoms with Gasteiger partial charge in [-0.1, -0.05) is 33.8 Å². The van der Waals surface area contributed by atoms with Gasteiger partial charge in [0.25, 0.3) is 5.91 Å². The molecule has 24 heavy (non-hydrogen) atoms. The number of fused-ring (bicyclic) bond motifs is 1. The van der Waals surface area contributed by atoms with Gasteiger partial charge in [0, 0.05) is 10.0 Å². The predicted octanol–water partition coefficient (Wildman–Crippen LogP) is 3.87. The molecule has 4 nitrogen and oxygen atoms in total. The average Bonchev–Trinajstić information content (AvgIpc) is 3.05. The molecule has 0 aliphatic carbocycles. The van der Waals surface area contributed by atoms with Crippen molar-refractivity contribution in [2.75, 3.05) is 13.2 Å². The fraction of sp³-hybridized carbons (Fsp3) is 0.111. The third kappa shape index (κ3) is 4.34. The van der Waals surface area contributed by atoms with Gasteiger partial charge in [-0.05, 0) is 36.4 Å². The van der Waals surface area contributed by atoms with Crippen molar-refractivity contribution < 1.29 is 9.53 Å². The van der Waals surface area contributed by atoms with Crippen LogP contribution in [0.15, 0.2) is 52.4 Å². The first kappa shape index (κ1) is 16.5. The number of hydrogen-bond donors (Lipinski definition) is 1. The predicted molar refractivity (Wildman–Crippen MR) is 99.4 cm³/mol. The van der Waals surface area contributed by atoms with E-state index in [4.69, 9.17) is 4.74 Å². The number of amides is 1. The van der Waals surface area contributed by atoms with Gasteiger partial charge in [0.05, 0.1) is 22.3 Å². The number of thiazole rings is 1. The molecule has 1 aromatic heterocycles. The van der Waals surface area contributed by atoms with Crippen molar-refractivity contribution >= 4 is 43.4 Å². The molecule has 0 spiro atoms. The van der Waals surface area contributed by atoms with E-state index in [1.165, 1.54) is 11.3 Å². The Kier molecular flexibility index (Phi) is 5.47. The van der Waals surface area contributed by atoms with E-state index in [0.717, 1.165) is 20.4 Å². The molecule has 120 valence electrons. The Labute approximate surface area is 152 Å². The summed E-state index contributed by atoms with van der Waals surface area (Å²) in [6.45, 7) is 0.556. The Morgan fingerprint density at radius 2 is 2.17 bits per heavy atom. The van der Waals surface area contributed by atoms with Gasteiger partial charge in [-0.3, -0.25) is 4.79 Å². The lowest BCUT2D eigenvalue weighted by Crippen LogP contribution is -2.23. The molecule has 3 rings (SSSR count). The van der Waals surface area contributed by atoms with E-state index in [-0.39, 0.29) is 19.1 Å². The average molecular weight is 401 g/mol. The van der Waals surface area contributed by atoms with E-state index in [2.05, 4.69) is 38.1 Å². The number of hydrogen-bond acceptors (Lipinski definition) is 4. The molecule has 0 aliphatic heterocycles. The Balaban J connectivity index is 1.47. The summed E-state index contributed by atoms with van der Waals surface area (Å²) in [4.78, 5) is 16.3. The number of benzene rings is 2. The maximum atomic E-state index is 12.1. The van der Waals surface area contributed by atoms with Crippen LogP contribution in [-0.2, 0) is 0 Å². The van der Waals surface area contributed by atoms with Crippen molar-refractivity contribution in [2.45, 2.75) is 0 Å². The van der Waals surface area contributed by atoms with Crippen LogP contribution in [0.3, 0.4) is 0 Å². The molecule has 0 aliphatic rings. The number of ether oxygens (including phenoxy) is 1. The Morgan fingerprint density at radius 1 is 1.25 bits per heavy atom.